The van der Waals surface area contributed by atoms with Crippen LogP contribution in [0.1, 0.15) is 26.7 Å². The lowest BCUT2D eigenvalue weighted by Crippen LogP contribution is -2.45. The minimum atomic E-state index is -3.43. The molecule has 1 unspecified atom stereocenters. The molecule has 0 radical (unpaired) electrons. The maximum absolute atomic E-state index is 12.6. The van der Waals surface area contributed by atoms with Crippen molar-refractivity contribution in [3.8, 4) is 5.75 Å². The van der Waals surface area contributed by atoms with E-state index >= 15 is 0 Å². The quantitative estimate of drug-likeness (QED) is 0.802. The van der Waals surface area contributed by atoms with Gasteiger partial charge < -0.3 is 15.0 Å². The summed E-state index contributed by atoms with van der Waals surface area (Å²) in [5, 5.41) is 3.15. The van der Waals surface area contributed by atoms with E-state index < -0.39 is 16.1 Å². The number of nitrogens with one attached hydrogen (secondary N) is 2. The van der Waals surface area contributed by atoms with E-state index in [-0.39, 0.29) is 5.91 Å². The van der Waals surface area contributed by atoms with Crippen LogP contribution in [0.15, 0.2) is 18.2 Å². The van der Waals surface area contributed by atoms with Gasteiger partial charge in [-0.05, 0) is 43.9 Å². The average molecular weight is 369 g/mol. The van der Waals surface area contributed by atoms with Crippen LogP contribution in [-0.2, 0) is 14.8 Å². The minimum Gasteiger partial charge on any atom is -0.495 e. The topological polar surface area (TPSA) is 87.7 Å². The molecule has 7 nitrogen and oxygen atoms in total. The van der Waals surface area contributed by atoms with Crippen LogP contribution >= 0.6 is 0 Å². The lowest BCUT2D eigenvalue weighted by atomic mass is 9.99. The monoisotopic (exact) mass is 369 g/mol. The summed E-state index contributed by atoms with van der Waals surface area (Å²) in [4.78, 5) is 14.5. The summed E-state index contributed by atoms with van der Waals surface area (Å²) in [6.45, 7) is 5.59. The van der Waals surface area contributed by atoms with Gasteiger partial charge in [-0.2, -0.15) is 0 Å². The number of sulfonamides is 1. The number of methoxy groups -OCH3 is 1. The van der Waals surface area contributed by atoms with E-state index in [4.69, 9.17) is 4.74 Å². The Morgan fingerprint density at radius 3 is 2.52 bits per heavy atom. The molecule has 1 aliphatic rings. The molecule has 0 aromatic heterocycles. The second kappa shape index (κ2) is 7.95. The number of likely N-dealkylation sites (tertiary alicyclic amines) is 1. The molecule has 0 spiro atoms. The minimum absolute atomic E-state index is 0.0559. The maximum atomic E-state index is 12.6. The van der Waals surface area contributed by atoms with E-state index in [0.29, 0.717) is 23.0 Å². The van der Waals surface area contributed by atoms with Gasteiger partial charge in [0.05, 0.1) is 19.1 Å². The molecule has 1 amide bonds. The van der Waals surface area contributed by atoms with Gasteiger partial charge in [0.25, 0.3) is 0 Å². The van der Waals surface area contributed by atoms with Crippen molar-refractivity contribution in [2.45, 2.75) is 32.7 Å². The molecule has 8 heteroatoms. The molecule has 2 rings (SSSR count). The van der Waals surface area contributed by atoms with Crippen LogP contribution in [0.4, 0.5) is 11.4 Å². The highest BCUT2D eigenvalue weighted by Crippen LogP contribution is 2.29. The summed E-state index contributed by atoms with van der Waals surface area (Å²) in [7, 11) is -1.96. The number of hydrogen-bond donors (Lipinski definition) is 2. The highest BCUT2D eigenvalue weighted by Gasteiger charge is 2.24. The number of hydrogen-bond acceptors (Lipinski definition) is 5. The summed E-state index contributed by atoms with van der Waals surface area (Å²) in [6, 6.07) is 4.65. The van der Waals surface area contributed by atoms with Crippen molar-refractivity contribution in [2.75, 3.05) is 36.5 Å². The second-order valence-electron chi connectivity index (χ2n) is 6.66. The summed E-state index contributed by atoms with van der Waals surface area (Å²) < 4.78 is 30.6. The smallest absolute Gasteiger partial charge is 0.244 e. The van der Waals surface area contributed by atoms with Gasteiger partial charge in [0.15, 0.2) is 0 Å². The Bertz CT molecular complexity index is 713. The van der Waals surface area contributed by atoms with E-state index in [2.05, 4.69) is 17.0 Å². The van der Waals surface area contributed by atoms with E-state index in [0.717, 1.165) is 32.2 Å². The Morgan fingerprint density at radius 1 is 1.32 bits per heavy atom. The largest absolute Gasteiger partial charge is 0.495 e. The maximum Gasteiger partial charge on any atom is 0.244 e. The number of carbonyl (C=O) groups is 1. The van der Waals surface area contributed by atoms with E-state index in [1.54, 1.807) is 18.2 Å². The number of amides is 1. The SMILES string of the molecule is COc1ccc(NC(C)C(=O)N2CCC(C)CC2)cc1NS(C)(=O)=O. The molecule has 1 atom stereocenters. The molecule has 1 aromatic rings. The summed E-state index contributed by atoms with van der Waals surface area (Å²) in [6.07, 6.45) is 3.14. The van der Waals surface area contributed by atoms with Gasteiger partial charge >= 0.3 is 0 Å². The van der Waals surface area contributed by atoms with Crippen LogP contribution in [0.25, 0.3) is 0 Å². The van der Waals surface area contributed by atoms with Gasteiger partial charge in [-0.15, -0.1) is 0 Å². The van der Waals surface area contributed by atoms with Gasteiger partial charge in [-0.3, -0.25) is 9.52 Å². The molecule has 0 saturated carbocycles. The lowest BCUT2D eigenvalue weighted by Gasteiger charge is -2.32. The molecule has 1 aliphatic heterocycles. The molecule has 140 valence electrons. The third-order valence-corrected chi connectivity index (χ3v) is 4.93. The molecule has 1 saturated heterocycles. The van der Waals surface area contributed by atoms with Gasteiger partial charge in [-0.1, -0.05) is 6.92 Å². The zero-order valence-corrected chi connectivity index (χ0v) is 16.0. The zero-order valence-electron chi connectivity index (χ0n) is 15.2. The molecule has 1 heterocycles. The third-order valence-electron chi connectivity index (χ3n) is 4.34. The van der Waals surface area contributed by atoms with Crippen LogP contribution in [-0.4, -0.2) is 51.7 Å². The van der Waals surface area contributed by atoms with Crippen LogP contribution < -0.4 is 14.8 Å². The number of anilines is 2. The van der Waals surface area contributed by atoms with E-state index in [9.17, 15) is 13.2 Å². The highest BCUT2D eigenvalue weighted by molar-refractivity contribution is 7.92. The van der Waals surface area contributed by atoms with Crippen molar-refractivity contribution in [3.63, 3.8) is 0 Å². The highest BCUT2D eigenvalue weighted by atomic mass is 32.2. The third kappa shape index (κ3) is 5.52. The molecule has 25 heavy (non-hydrogen) atoms. The standard InChI is InChI=1S/C17H27N3O4S/c1-12-7-9-20(10-8-12)17(21)13(2)18-14-5-6-16(24-3)15(11-14)19-25(4,22)23/h5-6,11-13,18-19H,7-10H2,1-4H3. The molecular weight excluding hydrogens is 342 g/mol. The Hall–Kier alpha value is -1.96. The second-order valence-corrected chi connectivity index (χ2v) is 8.41. The van der Waals surface area contributed by atoms with Gasteiger partial charge in [0, 0.05) is 18.8 Å². The van der Waals surface area contributed by atoms with Crippen LogP contribution in [0.5, 0.6) is 5.75 Å². The normalized spacial score (nSPS) is 17.0. The van der Waals surface area contributed by atoms with Crippen molar-refractivity contribution in [1.82, 2.24) is 4.90 Å². The zero-order chi connectivity index (χ0) is 18.6. The number of benzene rings is 1. The fraction of sp³-hybridized carbons (Fsp3) is 0.588. The van der Waals surface area contributed by atoms with E-state index in [1.807, 2.05) is 11.8 Å². The van der Waals surface area contributed by atoms with Crippen molar-refractivity contribution in [3.05, 3.63) is 18.2 Å². The Kier molecular flexibility index (Phi) is 6.16. The van der Waals surface area contributed by atoms with E-state index in [1.165, 1.54) is 7.11 Å². The predicted octanol–water partition coefficient (Wildman–Crippen LogP) is 2.13. The van der Waals surface area contributed by atoms with Crippen molar-refractivity contribution in [1.29, 1.82) is 0 Å². The molecule has 1 aromatic carbocycles. The first-order valence-corrected chi connectivity index (χ1v) is 10.3. The van der Waals surface area contributed by atoms with Gasteiger partial charge in [0.1, 0.15) is 11.8 Å². The summed E-state index contributed by atoms with van der Waals surface area (Å²) in [5.74, 6) is 1.14. The van der Waals surface area contributed by atoms with Crippen molar-refractivity contribution < 1.29 is 17.9 Å². The molecule has 0 bridgehead atoms. The van der Waals surface area contributed by atoms with Crippen molar-refractivity contribution in [2.24, 2.45) is 5.92 Å². The molecular formula is C17H27N3O4S. The van der Waals surface area contributed by atoms with Gasteiger partial charge in [-0.25, -0.2) is 8.42 Å². The number of ether oxygens (including phenoxy) is 1. The molecule has 2 N–H and O–H groups in total. The summed E-state index contributed by atoms with van der Waals surface area (Å²) >= 11 is 0. The van der Waals surface area contributed by atoms with Crippen molar-refractivity contribution >= 4 is 27.3 Å². The number of carbonyl (C=O) groups excluding carboxylic acids is 1. The summed E-state index contributed by atoms with van der Waals surface area (Å²) in [5.41, 5.74) is 0.986. The first kappa shape index (κ1) is 19.4. The predicted molar refractivity (Wildman–Crippen MR) is 99.5 cm³/mol. The van der Waals surface area contributed by atoms with Crippen LogP contribution in [0.3, 0.4) is 0 Å². The first-order valence-electron chi connectivity index (χ1n) is 8.40. The Labute approximate surface area is 149 Å². The lowest BCUT2D eigenvalue weighted by molar-refractivity contribution is -0.132. The Balaban J connectivity index is 2.08. The fourth-order valence-corrected chi connectivity index (χ4v) is 3.45. The van der Waals surface area contributed by atoms with Gasteiger partial charge in [0.2, 0.25) is 15.9 Å². The Morgan fingerprint density at radius 2 is 1.96 bits per heavy atom. The average Bonchev–Trinajstić information content (AvgIpc) is 2.53. The molecule has 0 aliphatic carbocycles. The number of nitrogens with zero attached hydrogens (tertiary/aromatic N) is 1. The fourth-order valence-electron chi connectivity index (χ4n) is 2.89. The number of rotatable bonds is 6. The van der Waals surface area contributed by atoms with Crippen LogP contribution in [0, 0.1) is 5.92 Å². The first-order chi connectivity index (χ1) is 11.7. The number of piperidine rings is 1. The van der Waals surface area contributed by atoms with Crippen LogP contribution in [0.2, 0.25) is 0 Å². The molecule has 1 fully saturated rings.